The van der Waals surface area contributed by atoms with E-state index in [1.54, 1.807) is 18.4 Å². The Kier molecular flexibility index (Phi) is 4.87. The van der Waals surface area contributed by atoms with Crippen molar-refractivity contribution in [2.75, 3.05) is 0 Å². The summed E-state index contributed by atoms with van der Waals surface area (Å²) in [5.41, 5.74) is 0.566. The molecule has 1 unspecified atom stereocenters. The monoisotopic (exact) mass is 389 g/mol. The molecule has 0 aliphatic rings. The third-order valence-electron chi connectivity index (χ3n) is 2.65. The Hall–Kier alpha value is -1.01. The fourth-order valence-corrected chi connectivity index (χ4v) is 2.24. The van der Waals surface area contributed by atoms with Crippen molar-refractivity contribution < 1.29 is 9.21 Å². The first-order valence-electron chi connectivity index (χ1n) is 5.84. The van der Waals surface area contributed by atoms with E-state index in [1.807, 2.05) is 25.1 Å². The van der Waals surface area contributed by atoms with Crippen LogP contribution in [-0.2, 0) is 6.42 Å². The Bertz CT molecular complexity index is 569. The van der Waals surface area contributed by atoms with Gasteiger partial charge in [-0.3, -0.25) is 4.79 Å². The predicted octanol–water partition coefficient (Wildman–Crippen LogP) is 3.90. The molecule has 0 bridgehead atoms. The van der Waals surface area contributed by atoms with Gasteiger partial charge in [-0.05, 0) is 59.8 Å². The van der Waals surface area contributed by atoms with Crippen molar-refractivity contribution in [1.82, 2.24) is 5.32 Å². The van der Waals surface area contributed by atoms with Crippen LogP contribution in [0, 0.1) is 3.57 Å². The molecule has 2 rings (SSSR count). The number of nitrogens with one attached hydrogen (secondary N) is 1. The SMILES string of the molecule is CC(Cc1ccco1)NC(=O)c1ccc(I)c(Cl)c1. The average molecular weight is 390 g/mol. The normalized spacial score (nSPS) is 12.2. The highest BCUT2D eigenvalue weighted by Crippen LogP contribution is 2.19. The Balaban J connectivity index is 1.98. The summed E-state index contributed by atoms with van der Waals surface area (Å²) in [7, 11) is 0. The lowest BCUT2D eigenvalue weighted by molar-refractivity contribution is 0.0939. The van der Waals surface area contributed by atoms with Crippen LogP contribution in [0.25, 0.3) is 0 Å². The molecule has 0 spiro atoms. The Morgan fingerprint density at radius 1 is 1.47 bits per heavy atom. The number of halogens is 2. The molecule has 0 fully saturated rings. The summed E-state index contributed by atoms with van der Waals surface area (Å²) in [6.07, 6.45) is 2.29. The highest BCUT2D eigenvalue weighted by Gasteiger charge is 2.12. The standard InChI is InChI=1S/C14H13ClINO2/c1-9(7-11-3-2-6-19-11)17-14(18)10-4-5-13(16)12(15)8-10/h2-6,8-9H,7H2,1H3,(H,17,18). The van der Waals surface area contributed by atoms with E-state index in [2.05, 4.69) is 27.9 Å². The lowest BCUT2D eigenvalue weighted by Gasteiger charge is -2.12. The number of carbonyl (C=O) groups excluding carboxylic acids is 1. The van der Waals surface area contributed by atoms with Crippen LogP contribution in [0.2, 0.25) is 5.02 Å². The molecule has 0 saturated heterocycles. The van der Waals surface area contributed by atoms with Gasteiger partial charge in [-0.1, -0.05) is 11.6 Å². The second-order valence-electron chi connectivity index (χ2n) is 4.29. The van der Waals surface area contributed by atoms with Crippen molar-refractivity contribution in [3.63, 3.8) is 0 Å². The van der Waals surface area contributed by atoms with Crippen LogP contribution in [0.15, 0.2) is 41.0 Å². The molecule has 1 amide bonds. The third-order valence-corrected chi connectivity index (χ3v) is 4.22. The van der Waals surface area contributed by atoms with E-state index in [4.69, 9.17) is 16.0 Å². The number of furan rings is 1. The van der Waals surface area contributed by atoms with E-state index in [9.17, 15) is 4.79 Å². The zero-order valence-corrected chi connectivity index (χ0v) is 13.2. The van der Waals surface area contributed by atoms with Crippen molar-refractivity contribution in [2.24, 2.45) is 0 Å². The number of amides is 1. The molecule has 1 heterocycles. The summed E-state index contributed by atoms with van der Waals surface area (Å²) >= 11 is 8.14. The summed E-state index contributed by atoms with van der Waals surface area (Å²) in [6, 6.07) is 9.00. The van der Waals surface area contributed by atoms with Gasteiger partial charge in [-0.2, -0.15) is 0 Å². The molecule has 0 radical (unpaired) electrons. The van der Waals surface area contributed by atoms with E-state index in [-0.39, 0.29) is 11.9 Å². The molecule has 0 aliphatic heterocycles. The molecular weight excluding hydrogens is 377 g/mol. The Morgan fingerprint density at radius 2 is 2.26 bits per heavy atom. The molecular formula is C14H13ClINO2. The summed E-state index contributed by atoms with van der Waals surface area (Å²) in [6.45, 7) is 1.94. The largest absolute Gasteiger partial charge is 0.469 e. The van der Waals surface area contributed by atoms with Crippen LogP contribution >= 0.6 is 34.2 Å². The highest BCUT2D eigenvalue weighted by molar-refractivity contribution is 14.1. The predicted molar refractivity (Wildman–Crippen MR) is 83.5 cm³/mol. The molecule has 2 aromatic rings. The van der Waals surface area contributed by atoms with Gasteiger partial charge in [0.05, 0.1) is 11.3 Å². The van der Waals surface area contributed by atoms with E-state index in [0.717, 1.165) is 9.33 Å². The lowest BCUT2D eigenvalue weighted by atomic mass is 10.1. The van der Waals surface area contributed by atoms with Crippen LogP contribution in [-0.4, -0.2) is 11.9 Å². The lowest BCUT2D eigenvalue weighted by Crippen LogP contribution is -2.34. The molecule has 5 heteroatoms. The maximum Gasteiger partial charge on any atom is 0.251 e. The topological polar surface area (TPSA) is 42.2 Å². The van der Waals surface area contributed by atoms with Gasteiger partial charge in [-0.15, -0.1) is 0 Å². The van der Waals surface area contributed by atoms with Crippen LogP contribution in [0.4, 0.5) is 0 Å². The van der Waals surface area contributed by atoms with Crippen LogP contribution in [0.5, 0.6) is 0 Å². The summed E-state index contributed by atoms with van der Waals surface area (Å²) in [5.74, 6) is 0.728. The van der Waals surface area contributed by atoms with E-state index < -0.39 is 0 Å². The number of carbonyl (C=O) groups is 1. The Labute approximate surface area is 130 Å². The Morgan fingerprint density at radius 3 is 2.89 bits per heavy atom. The van der Waals surface area contributed by atoms with Crippen molar-refractivity contribution in [2.45, 2.75) is 19.4 Å². The summed E-state index contributed by atoms with van der Waals surface area (Å²) in [5, 5.41) is 3.51. The smallest absolute Gasteiger partial charge is 0.251 e. The van der Waals surface area contributed by atoms with Gasteiger partial charge in [0.1, 0.15) is 5.76 Å². The number of hydrogen-bond donors (Lipinski definition) is 1. The molecule has 1 aromatic heterocycles. The van der Waals surface area contributed by atoms with Gasteiger partial charge in [0.15, 0.2) is 0 Å². The van der Waals surface area contributed by atoms with Crippen LogP contribution in [0.1, 0.15) is 23.0 Å². The fourth-order valence-electron chi connectivity index (χ4n) is 1.73. The molecule has 3 nitrogen and oxygen atoms in total. The van der Waals surface area contributed by atoms with E-state index >= 15 is 0 Å². The molecule has 1 N–H and O–H groups in total. The zero-order valence-electron chi connectivity index (χ0n) is 10.3. The average Bonchev–Trinajstić information content (AvgIpc) is 2.85. The minimum absolute atomic E-state index is 0.00305. The zero-order chi connectivity index (χ0) is 13.8. The molecule has 1 aromatic carbocycles. The minimum atomic E-state index is -0.127. The van der Waals surface area contributed by atoms with Crippen molar-refractivity contribution in [3.05, 3.63) is 56.5 Å². The van der Waals surface area contributed by atoms with E-state index in [0.29, 0.717) is 17.0 Å². The van der Waals surface area contributed by atoms with Crippen LogP contribution in [0.3, 0.4) is 0 Å². The minimum Gasteiger partial charge on any atom is -0.469 e. The number of hydrogen-bond acceptors (Lipinski definition) is 2. The second-order valence-corrected chi connectivity index (χ2v) is 5.86. The van der Waals surface area contributed by atoms with Gasteiger partial charge in [-0.25, -0.2) is 0 Å². The highest BCUT2D eigenvalue weighted by atomic mass is 127. The molecule has 1 atom stereocenters. The van der Waals surface area contributed by atoms with Gasteiger partial charge in [0.2, 0.25) is 0 Å². The van der Waals surface area contributed by atoms with Gasteiger partial charge in [0, 0.05) is 21.6 Å². The van der Waals surface area contributed by atoms with Gasteiger partial charge in [0.25, 0.3) is 5.91 Å². The quantitative estimate of drug-likeness (QED) is 0.806. The van der Waals surface area contributed by atoms with Crippen molar-refractivity contribution >= 4 is 40.1 Å². The van der Waals surface area contributed by atoms with Crippen molar-refractivity contribution in [3.8, 4) is 0 Å². The molecule has 100 valence electrons. The molecule has 19 heavy (non-hydrogen) atoms. The van der Waals surface area contributed by atoms with E-state index in [1.165, 1.54) is 0 Å². The molecule has 0 saturated carbocycles. The molecule has 0 aliphatic carbocycles. The summed E-state index contributed by atoms with van der Waals surface area (Å²) in [4.78, 5) is 12.0. The number of rotatable bonds is 4. The second kappa shape index (κ2) is 6.43. The first-order valence-corrected chi connectivity index (χ1v) is 7.30. The van der Waals surface area contributed by atoms with Crippen LogP contribution < -0.4 is 5.32 Å². The maximum atomic E-state index is 12.0. The van der Waals surface area contributed by atoms with Crippen molar-refractivity contribution in [1.29, 1.82) is 0 Å². The summed E-state index contributed by atoms with van der Waals surface area (Å²) < 4.78 is 6.18. The van der Waals surface area contributed by atoms with Gasteiger partial charge >= 0.3 is 0 Å². The first kappa shape index (κ1) is 14.4. The number of benzene rings is 1. The van der Waals surface area contributed by atoms with Gasteiger partial charge < -0.3 is 9.73 Å². The third kappa shape index (κ3) is 3.98. The fraction of sp³-hybridized carbons (Fsp3) is 0.214. The maximum absolute atomic E-state index is 12.0. The first-order chi connectivity index (χ1) is 9.06.